The minimum Gasteiger partial charge on any atom is -0.441 e. The smallest absolute Gasteiger partial charge is 0.304 e. The van der Waals surface area contributed by atoms with Crippen LogP contribution in [0.15, 0.2) is 42.5 Å². The first-order valence-electron chi connectivity index (χ1n) is 15.7. The van der Waals surface area contributed by atoms with Gasteiger partial charge in [-0.2, -0.15) is 0 Å². The van der Waals surface area contributed by atoms with Gasteiger partial charge in [0.15, 0.2) is 26.4 Å². The van der Waals surface area contributed by atoms with Gasteiger partial charge in [-0.05, 0) is 55.4 Å². The van der Waals surface area contributed by atoms with E-state index in [0.717, 1.165) is 5.56 Å². The molecule has 3 saturated heterocycles. The van der Waals surface area contributed by atoms with Crippen molar-refractivity contribution in [1.82, 2.24) is 0 Å². The molecule has 2 aromatic carbocycles. The minimum atomic E-state index is -2.93. The van der Waals surface area contributed by atoms with E-state index < -0.39 is 50.3 Å². The molecule has 2 unspecified atom stereocenters. The summed E-state index contributed by atoms with van der Waals surface area (Å²) in [5, 5.41) is 9.91. The molecule has 4 aliphatic heterocycles. The number of carbonyl (C=O) groups is 5. The number of aliphatic hydroxyl groups excluding tert-OH is 1. The number of β-lactam (4-membered cyclic amide) rings is 2. The standard InChI is InChI=1S/C33H39N3O10Si/c1-18-31(47(4,5)43)26(12-13-37)46-33(18)24-14-23(36-28(41)16-30(36)45-20(3)39)10-11-25(24)34(32(33)42)17-21-6-8-22(9-7-21)35-27(40)15-29(35)44-19(2)38/h6-11,14,18,26,29-31,37,43H,12-13,15-17H2,1-5H3/t18-,26+,29?,30?,31-,33+/m1/s1. The molecular formula is C33H39N3O10Si. The van der Waals surface area contributed by atoms with Gasteiger partial charge in [-0.15, -0.1) is 0 Å². The van der Waals surface area contributed by atoms with Gasteiger partial charge < -0.3 is 29.0 Å². The predicted octanol–water partition coefficient (Wildman–Crippen LogP) is 2.67. The van der Waals surface area contributed by atoms with Crippen molar-refractivity contribution in [2.75, 3.05) is 21.3 Å². The van der Waals surface area contributed by atoms with Gasteiger partial charge in [0.1, 0.15) is 0 Å². The molecule has 0 aliphatic carbocycles. The van der Waals surface area contributed by atoms with Crippen LogP contribution in [0.25, 0.3) is 0 Å². The van der Waals surface area contributed by atoms with E-state index in [0.29, 0.717) is 22.6 Å². The third kappa shape index (κ3) is 5.42. The highest BCUT2D eigenvalue weighted by Gasteiger charge is 2.66. The number of anilines is 3. The zero-order valence-corrected chi connectivity index (χ0v) is 28.0. The highest BCUT2D eigenvalue weighted by Crippen LogP contribution is 2.60. The quantitative estimate of drug-likeness (QED) is 0.231. The molecule has 13 nitrogen and oxygen atoms in total. The van der Waals surface area contributed by atoms with E-state index in [1.54, 1.807) is 60.5 Å². The van der Waals surface area contributed by atoms with Crippen LogP contribution < -0.4 is 14.7 Å². The van der Waals surface area contributed by atoms with Gasteiger partial charge in [0.05, 0.1) is 31.2 Å². The summed E-state index contributed by atoms with van der Waals surface area (Å²) in [6, 6.07) is 12.2. The Kier molecular flexibility index (Phi) is 8.27. The molecular weight excluding hydrogens is 626 g/mol. The third-order valence-electron chi connectivity index (χ3n) is 9.63. The number of nitrogens with zero attached hydrogens (tertiary/aromatic N) is 3. The fourth-order valence-electron chi connectivity index (χ4n) is 7.68. The Balaban J connectivity index is 1.37. The number of hydrogen-bond donors (Lipinski definition) is 2. The van der Waals surface area contributed by atoms with Gasteiger partial charge in [-0.1, -0.05) is 19.1 Å². The number of rotatable bonds is 9. The molecule has 0 saturated carbocycles. The van der Waals surface area contributed by atoms with Gasteiger partial charge in [0.2, 0.25) is 11.8 Å². The van der Waals surface area contributed by atoms with E-state index in [9.17, 15) is 33.9 Å². The molecule has 0 radical (unpaired) electrons. The van der Waals surface area contributed by atoms with Crippen molar-refractivity contribution in [3.05, 3.63) is 53.6 Å². The average molecular weight is 666 g/mol. The maximum atomic E-state index is 14.7. The summed E-state index contributed by atoms with van der Waals surface area (Å²) in [4.78, 5) is 78.6. The Morgan fingerprint density at radius 3 is 2.00 bits per heavy atom. The fourth-order valence-corrected chi connectivity index (χ4v) is 10.3. The van der Waals surface area contributed by atoms with Crippen LogP contribution >= 0.6 is 0 Å². The summed E-state index contributed by atoms with van der Waals surface area (Å²) in [5.41, 5.74) is 0.978. The lowest BCUT2D eigenvalue weighted by Gasteiger charge is -2.39. The predicted molar refractivity (Wildman–Crippen MR) is 170 cm³/mol. The highest BCUT2D eigenvalue weighted by atomic mass is 28.4. The summed E-state index contributed by atoms with van der Waals surface area (Å²) >= 11 is 0. The molecule has 6 atom stereocenters. The van der Waals surface area contributed by atoms with Gasteiger partial charge in [-0.25, -0.2) is 0 Å². The van der Waals surface area contributed by atoms with E-state index in [1.165, 1.54) is 23.6 Å². The monoisotopic (exact) mass is 665 g/mol. The third-order valence-corrected chi connectivity index (χ3v) is 12.1. The van der Waals surface area contributed by atoms with Crippen molar-refractivity contribution in [3.63, 3.8) is 0 Å². The highest BCUT2D eigenvalue weighted by molar-refractivity contribution is 6.71. The molecule has 47 heavy (non-hydrogen) atoms. The number of aliphatic hydroxyl groups is 1. The van der Waals surface area contributed by atoms with Gasteiger partial charge in [0, 0.05) is 48.9 Å². The summed E-state index contributed by atoms with van der Waals surface area (Å²) in [5.74, 6) is -2.21. The molecule has 1 spiro atoms. The van der Waals surface area contributed by atoms with E-state index in [-0.39, 0.29) is 55.7 Å². The molecule has 14 heteroatoms. The van der Waals surface area contributed by atoms with Crippen LogP contribution in [0.1, 0.15) is 51.2 Å². The van der Waals surface area contributed by atoms with Crippen molar-refractivity contribution >= 4 is 55.0 Å². The van der Waals surface area contributed by atoms with Crippen molar-refractivity contribution in [2.24, 2.45) is 5.92 Å². The zero-order valence-electron chi connectivity index (χ0n) is 27.0. The second-order valence-corrected chi connectivity index (χ2v) is 17.2. The summed E-state index contributed by atoms with van der Waals surface area (Å²) in [6.07, 6.45) is -1.61. The van der Waals surface area contributed by atoms with E-state index in [1.807, 2.05) is 6.92 Å². The molecule has 2 N–H and O–H groups in total. The molecule has 250 valence electrons. The Hall–Kier alpha value is -4.11. The molecule has 2 aromatic rings. The Morgan fingerprint density at radius 2 is 1.49 bits per heavy atom. The zero-order chi connectivity index (χ0) is 34.0. The molecule has 4 aliphatic rings. The van der Waals surface area contributed by atoms with Crippen molar-refractivity contribution in [2.45, 2.75) is 89.4 Å². The molecule has 0 bridgehead atoms. The van der Waals surface area contributed by atoms with Crippen molar-refractivity contribution in [1.29, 1.82) is 0 Å². The number of benzene rings is 2. The van der Waals surface area contributed by atoms with E-state index in [4.69, 9.17) is 14.2 Å². The number of fused-ring (bicyclic) bond motifs is 2. The Morgan fingerprint density at radius 1 is 0.936 bits per heavy atom. The normalized spacial score (nSPS) is 28.4. The first-order chi connectivity index (χ1) is 22.2. The number of carbonyl (C=O) groups excluding carboxylic acids is 5. The molecule has 3 fully saturated rings. The van der Waals surface area contributed by atoms with Gasteiger partial charge >= 0.3 is 11.9 Å². The van der Waals surface area contributed by atoms with Gasteiger partial charge in [0.25, 0.3) is 5.91 Å². The number of esters is 2. The summed E-state index contributed by atoms with van der Waals surface area (Å²) in [6.45, 7) is 8.02. The van der Waals surface area contributed by atoms with Crippen molar-refractivity contribution in [3.8, 4) is 0 Å². The van der Waals surface area contributed by atoms with Crippen LogP contribution in [0, 0.1) is 5.92 Å². The second kappa shape index (κ2) is 11.8. The van der Waals surface area contributed by atoms with Crippen LogP contribution in [0.3, 0.4) is 0 Å². The van der Waals surface area contributed by atoms with Crippen LogP contribution in [-0.2, 0) is 50.3 Å². The summed E-state index contributed by atoms with van der Waals surface area (Å²) < 4.78 is 17.3. The minimum absolute atomic E-state index is 0.0470. The number of hydrogen-bond acceptors (Lipinski definition) is 10. The number of amides is 3. The van der Waals surface area contributed by atoms with Crippen LogP contribution in [0.2, 0.25) is 18.6 Å². The van der Waals surface area contributed by atoms with Crippen LogP contribution in [0.4, 0.5) is 17.1 Å². The maximum absolute atomic E-state index is 14.7. The number of ether oxygens (including phenoxy) is 3. The first-order valence-corrected chi connectivity index (χ1v) is 18.7. The molecule has 4 heterocycles. The van der Waals surface area contributed by atoms with Crippen LogP contribution in [0.5, 0.6) is 0 Å². The van der Waals surface area contributed by atoms with E-state index >= 15 is 0 Å². The molecule has 6 rings (SSSR count). The maximum Gasteiger partial charge on any atom is 0.304 e. The second-order valence-electron chi connectivity index (χ2n) is 13.2. The molecule has 0 aromatic heterocycles. The Bertz CT molecular complexity index is 1640. The topological polar surface area (TPSA) is 163 Å². The SMILES string of the molecule is CC(=O)OC1CC(=O)N1c1ccc(CN2C(=O)[C@@]3(O[C@@H](CCO)[C@H]([Si](C)(C)O)[C@H]3C)c3cc(N4C(=O)CC4OC(C)=O)ccc32)cc1. The van der Waals surface area contributed by atoms with Crippen molar-refractivity contribution < 1.29 is 48.1 Å². The lowest BCUT2D eigenvalue weighted by molar-refractivity contribution is -0.155. The largest absolute Gasteiger partial charge is 0.441 e. The lowest BCUT2D eigenvalue weighted by Crippen LogP contribution is -2.55. The molecule has 3 amide bonds. The van der Waals surface area contributed by atoms with Gasteiger partial charge in [-0.3, -0.25) is 33.8 Å². The average Bonchev–Trinajstić information content (AvgIpc) is 3.39. The fraction of sp³-hybridized carbons (Fsp3) is 0.485. The summed E-state index contributed by atoms with van der Waals surface area (Å²) in [7, 11) is -2.93. The van der Waals surface area contributed by atoms with Crippen LogP contribution in [-0.4, -0.2) is 73.0 Å². The van der Waals surface area contributed by atoms with E-state index in [2.05, 4.69) is 0 Å². The Labute approximate surface area is 273 Å². The first kappa shape index (κ1) is 32.8. The lowest BCUT2D eigenvalue weighted by atomic mass is 9.82.